The Morgan fingerprint density at radius 1 is 0.862 bits per heavy atom. The molecule has 0 saturated heterocycles. The molecule has 0 saturated carbocycles. The Labute approximate surface area is 180 Å². The van der Waals surface area contributed by atoms with Gasteiger partial charge in [-0.1, -0.05) is 83.2 Å². The van der Waals surface area contributed by atoms with Crippen molar-refractivity contribution in [2.24, 2.45) is 5.41 Å². The average molecular weight is 391 g/mol. The molecular weight excluding hydrogens is 348 g/mol. The minimum Gasteiger partial charge on any atom is -0.0955 e. The molecule has 0 spiro atoms. The number of rotatable bonds is 8. The minimum absolute atomic E-state index is 0.0765. The summed E-state index contributed by atoms with van der Waals surface area (Å²) in [6.07, 6.45) is 5.94. The van der Waals surface area contributed by atoms with Gasteiger partial charge >= 0.3 is 0 Å². The van der Waals surface area contributed by atoms with Crippen molar-refractivity contribution in [3.8, 4) is 0 Å². The molecule has 29 heavy (non-hydrogen) atoms. The van der Waals surface area contributed by atoms with Gasteiger partial charge in [-0.15, -0.1) is 0 Å². The molecule has 0 fully saturated rings. The number of allylic oxidation sites excluding steroid dienone is 1. The van der Waals surface area contributed by atoms with Crippen LogP contribution >= 0.6 is 0 Å². The van der Waals surface area contributed by atoms with Gasteiger partial charge in [-0.2, -0.15) is 0 Å². The SMILES string of the molecule is C=C(C)c1ccc(C(CC)(CC)c2ccc(CCCC(C)(C)C)c(C)c2)cc1C. The van der Waals surface area contributed by atoms with E-state index in [1.165, 1.54) is 52.6 Å². The van der Waals surface area contributed by atoms with Gasteiger partial charge in [0, 0.05) is 5.41 Å². The highest BCUT2D eigenvalue weighted by Gasteiger charge is 2.31. The Balaban J connectivity index is 2.38. The van der Waals surface area contributed by atoms with Crippen LogP contribution in [0.1, 0.15) is 101 Å². The lowest BCUT2D eigenvalue weighted by Crippen LogP contribution is -2.26. The van der Waals surface area contributed by atoms with E-state index in [4.69, 9.17) is 0 Å². The van der Waals surface area contributed by atoms with Gasteiger partial charge in [-0.25, -0.2) is 0 Å². The molecule has 0 nitrogen and oxygen atoms in total. The van der Waals surface area contributed by atoms with Crippen molar-refractivity contribution in [1.82, 2.24) is 0 Å². The number of hydrogen-bond donors (Lipinski definition) is 0. The van der Waals surface area contributed by atoms with E-state index < -0.39 is 0 Å². The van der Waals surface area contributed by atoms with Crippen LogP contribution in [0.5, 0.6) is 0 Å². The Morgan fingerprint density at radius 3 is 1.86 bits per heavy atom. The smallest absolute Gasteiger partial charge is 0.0197 e. The molecule has 0 heteroatoms. The van der Waals surface area contributed by atoms with E-state index in [-0.39, 0.29) is 5.41 Å². The first-order valence-corrected chi connectivity index (χ1v) is 11.4. The minimum atomic E-state index is 0.0765. The Hall–Kier alpha value is -1.82. The predicted octanol–water partition coefficient (Wildman–Crippen LogP) is 8.81. The van der Waals surface area contributed by atoms with Crippen LogP contribution in [0.2, 0.25) is 0 Å². The van der Waals surface area contributed by atoms with E-state index in [1.807, 2.05) is 0 Å². The second kappa shape index (κ2) is 9.33. The second-order valence-electron chi connectivity index (χ2n) is 10.2. The van der Waals surface area contributed by atoms with E-state index >= 15 is 0 Å². The second-order valence-corrected chi connectivity index (χ2v) is 10.2. The molecule has 158 valence electrons. The van der Waals surface area contributed by atoms with Gasteiger partial charge in [0.1, 0.15) is 0 Å². The topological polar surface area (TPSA) is 0 Å². The molecule has 0 bridgehead atoms. The molecule has 0 aliphatic heterocycles. The zero-order chi connectivity index (χ0) is 21.8. The Morgan fingerprint density at radius 2 is 1.41 bits per heavy atom. The highest BCUT2D eigenvalue weighted by atomic mass is 14.3. The van der Waals surface area contributed by atoms with Crippen LogP contribution in [0.25, 0.3) is 5.57 Å². The van der Waals surface area contributed by atoms with E-state index in [2.05, 4.69) is 98.4 Å². The predicted molar refractivity (Wildman–Crippen MR) is 131 cm³/mol. The first-order chi connectivity index (χ1) is 13.5. The molecule has 2 rings (SSSR count). The summed E-state index contributed by atoms with van der Waals surface area (Å²) in [5.74, 6) is 0. The van der Waals surface area contributed by atoms with Crippen LogP contribution in [0.3, 0.4) is 0 Å². The van der Waals surface area contributed by atoms with Gasteiger partial charge in [-0.05, 0) is 91.7 Å². The molecule has 0 aliphatic carbocycles. The first kappa shape index (κ1) is 23.5. The largest absolute Gasteiger partial charge is 0.0955 e. The van der Waals surface area contributed by atoms with Crippen LogP contribution in [0, 0.1) is 19.3 Å². The van der Waals surface area contributed by atoms with Crippen LogP contribution in [0.4, 0.5) is 0 Å². The summed E-state index contributed by atoms with van der Waals surface area (Å²) in [6.45, 7) is 22.4. The standard InChI is InChI=1S/C29H42/c1-10-29(11-2,26-16-17-27(21(3)4)23(6)20-26)25-15-14-24(22(5)19-25)13-12-18-28(7,8)9/h14-17,19-20H,3,10-13,18H2,1-2,4-9H3. The van der Waals surface area contributed by atoms with Crippen LogP contribution in [0.15, 0.2) is 43.0 Å². The monoisotopic (exact) mass is 390 g/mol. The zero-order valence-electron chi connectivity index (χ0n) is 20.2. The molecule has 0 aliphatic rings. The number of hydrogen-bond acceptors (Lipinski definition) is 0. The van der Waals surface area contributed by atoms with E-state index in [1.54, 1.807) is 0 Å². The first-order valence-electron chi connectivity index (χ1n) is 11.4. The fourth-order valence-corrected chi connectivity index (χ4v) is 4.76. The third-order valence-electron chi connectivity index (χ3n) is 6.71. The highest BCUT2D eigenvalue weighted by molar-refractivity contribution is 5.65. The fourth-order valence-electron chi connectivity index (χ4n) is 4.76. The lowest BCUT2D eigenvalue weighted by molar-refractivity contribution is 0.365. The summed E-state index contributed by atoms with van der Waals surface area (Å²) in [6, 6.07) is 14.2. The van der Waals surface area contributed by atoms with Crippen molar-refractivity contribution in [2.45, 2.75) is 92.9 Å². The zero-order valence-corrected chi connectivity index (χ0v) is 20.2. The third kappa shape index (κ3) is 5.41. The molecule has 0 heterocycles. The normalized spacial score (nSPS) is 12.3. The number of aryl methyl sites for hydroxylation is 3. The van der Waals surface area contributed by atoms with Gasteiger partial charge in [0.25, 0.3) is 0 Å². The highest BCUT2D eigenvalue weighted by Crippen LogP contribution is 2.40. The summed E-state index contributed by atoms with van der Waals surface area (Å²) in [5.41, 5.74) is 10.1. The molecule has 0 aromatic heterocycles. The van der Waals surface area contributed by atoms with E-state index in [0.717, 1.165) is 18.4 Å². The van der Waals surface area contributed by atoms with Crippen LogP contribution < -0.4 is 0 Å². The maximum absolute atomic E-state index is 4.14. The summed E-state index contributed by atoms with van der Waals surface area (Å²) >= 11 is 0. The van der Waals surface area contributed by atoms with Crippen molar-refractivity contribution in [3.63, 3.8) is 0 Å². The van der Waals surface area contributed by atoms with Crippen molar-refractivity contribution >= 4 is 5.57 Å². The lowest BCUT2D eigenvalue weighted by atomic mass is 9.69. The molecule has 0 unspecified atom stereocenters. The van der Waals surface area contributed by atoms with Crippen molar-refractivity contribution in [2.75, 3.05) is 0 Å². The third-order valence-corrected chi connectivity index (χ3v) is 6.71. The summed E-state index contributed by atoms with van der Waals surface area (Å²) in [4.78, 5) is 0. The van der Waals surface area contributed by atoms with Gasteiger partial charge in [0.15, 0.2) is 0 Å². The van der Waals surface area contributed by atoms with E-state index in [9.17, 15) is 0 Å². The van der Waals surface area contributed by atoms with Gasteiger partial charge < -0.3 is 0 Å². The Kier molecular flexibility index (Phi) is 7.55. The van der Waals surface area contributed by atoms with Gasteiger partial charge in [0.2, 0.25) is 0 Å². The maximum Gasteiger partial charge on any atom is 0.0197 e. The summed E-state index contributed by atoms with van der Waals surface area (Å²) in [5, 5.41) is 0. The van der Waals surface area contributed by atoms with Gasteiger partial charge in [-0.3, -0.25) is 0 Å². The molecule has 2 aromatic carbocycles. The van der Waals surface area contributed by atoms with Gasteiger partial charge in [0.05, 0.1) is 0 Å². The fraction of sp³-hybridized carbons (Fsp3) is 0.517. The quantitative estimate of drug-likeness (QED) is 0.422. The molecule has 0 radical (unpaired) electrons. The summed E-state index contributed by atoms with van der Waals surface area (Å²) < 4.78 is 0. The van der Waals surface area contributed by atoms with Crippen molar-refractivity contribution in [1.29, 1.82) is 0 Å². The van der Waals surface area contributed by atoms with Crippen molar-refractivity contribution < 1.29 is 0 Å². The van der Waals surface area contributed by atoms with E-state index in [0.29, 0.717) is 5.41 Å². The molecule has 0 atom stereocenters. The molecular formula is C29H42. The maximum atomic E-state index is 4.14. The summed E-state index contributed by atoms with van der Waals surface area (Å²) in [7, 11) is 0. The average Bonchev–Trinajstić information content (AvgIpc) is 2.63. The molecule has 0 amide bonds. The molecule has 0 N–H and O–H groups in total. The van der Waals surface area contributed by atoms with Crippen LogP contribution in [-0.2, 0) is 11.8 Å². The molecule has 2 aromatic rings. The van der Waals surface area contributed by atoms with Crippen molar-refractivity contribution in [3.05, 3.63) is 76.4 Å². The number of benzene rings is 2. The van der Waals surface area contributed by atoms with Crippen LogP contribution in [-0.4, -0.2) is 0 Å². The lowest BCUT2D eigenvalue weighted by Gasteiger charge is -2.34. The Bertz CT molecular complexity index is 841.